The first-order valence-electron chi connectivity index (χ1n) is 20.7. The zero-order valence-corrected chi connectivity index (χ0v) is 33.6. The predicted octanol–water partition coefficient (Wildman–Crippen LogP) is 3.62. The van der Waals surface area contributed by atoms with Crippen LogP contribution >= 0.6 is 0 Å². The molecule has 5 heterocycles. The third-order valence-electron chi connectivity index (χ3n) is 13.0. The van der Waals surface area contributed by atoms with Crippen molar-refractivity contribution < 1.29 is 48.2 Å². The summed E-state index contributed by atoms with van der Waals surface area (Å²) in [6, 6.07) is 25.8. The highest BCUT2D eigenvalue weighted by molar-refractivity contribution is 5.95. The minimum Gasteiger partial charge on any atom is -0.492 e. The van der Waals surface area contributed by atoms with Gasteiger partial charge in [-0.25, -0.2) is 0 Å². The largest absolute Gasteiger partial charge is 0.492 e. The van der Waals surface area contributed by atoms with Crippen molar-refractivity contribution in [3.05, 3.63) is 118 Å². The molecular formula is C46H52N4O10. The normalized spacial score (nSPS) is 23.7. The van der Waals surface area contributed by atoms with Gasteiger partial charge in [0, 0.05) is 72.4 Å². The number of nitrogens with zero attached hydrogens (tertiary/aromatic N) is 2. The second-order valence-electron chi connectivity index (χ2n) is 16.9. The van der Waals surface area contributed by atoms with Crippen LogP contribution in [0.4, 0.5) is 0 Å². The monoisotopic (exact) mass is 820 g/mol. The predicted molar refractivity (Wildman–Crippen MR) is 219 cm³/mol. The number of fused-ring (bicyclic) bond motifs is 4. The highest BCUT2D eigenvalue weighted by Gasteiger charge is 2.46. The second-order valence-corrected chi connectivity index (χ2v) is 16.9. The fourth-order valence-electron chi connectivity index (χ4n) is 9.07. The molecule has 6 N–H and O–H groups in total. The van der Waals surface area contributed by atoms with E-state index >= 15 is 0 Å². The van der Waals surface area contributed by atoms with Crippen molar-refractivity contribution in [3.63, 3.8) is 0 Å². The summed E-state index contributed by atoms with van der Waals surface area (Å²) in [7, 11) is 0. The van der Waals surface area contributed by atoms with E-state index in [1.165, 1.54) is 11.1 Å². The third-order valence-corrected chi connectivity index (χ3v) is 13.0. The van der Waals surface area contributed by atoms with E-state index in [4.69, 9.17) is 39.9 Å². The van der Waals surface area contributed by atoms with E-state index in [-0.39, 0.29) is 49.1 Å². The van der Waals surface area contributed by atoms with Gasteiger partial charge in [0.2, 0.25) is 11.6 Å². The van der Waals surface area contributed by atoms with Crippen molar-refractivity contribution >= 4 is 11.8 Å². The van der Waals surface area contributed by atoms with Gasteiger partial charge in [0.15, 0.2) is 0 Å². The Morgan fingerprint density at radius 1 is 0.567 bits per heavy atom. The maximum atomic E-state index is 13.4. The Morgan fingerprint density at radius 3 is 1.30 bits per heavy atom. The van der Waals surface area contributed by atoms with E-state index in [1.807, 2.05) is 34.1 Å². The molecule has 2 spiro atoms. The summed E-state index contributed by atoms with van der Waals surface area (Å²) in [5.74, 6) is -1.07. The molecule has 2 amide bonds. The number of carbonyl (C=O) groups is 2. The van der Waals surface area contributed by atoms with Gasteiger partial charge >= 0.3 is 0 Å². The lowest BCUT2D eigenvalue weighted by atomic mass is 9.74. The quantitative estimate of drug-likeness (QED) is 0.182. The van der Waals surface area contributed by atoms with E-state index in [1.54, 1.807) is 48.5 Å². The number of amides is 2. The van der Waals surface area contributed by atoms with Crippen LogP contribution in [0.3, 0.4) is 0 Å². The summed E-state index contributed by atoms with van der Waals surface area (Å²) in [5.41, 5.74) is 17.2. The standard InChI is InChI=1S/C46H52N4O10/c47-23-31-1-11-39-37(21-31)43(25-57-39)13-17-49(18-14-43)41(51)33-3-7-35(8-4-33)55-27-45(53)29-60-46(54,30-59-45)28-56-36-9-5-34(6-10-36)42(52)50-19-15-44(16-20-50)26-58-40-12-2-32(24-48)22-38(40)44/h1-12,21-22,53-54H,13-20,23-30,47-48H2/t45-,46-/m1/s1. The molecule has 14 heteroatoms. The van der Waals surface area contributed by atoms with Crippen LogP contribution in [-0.4, -0.2) is 109 Å². The van der Waals surface area contributed by atoms with Gasteiger partial charge in [-0.05, 0) is 97.5 Å². The number of benzene rings is 4. The number of ether oxygens (including phenoxy) is 6. The van der Waals surface area contributed by atoms with Crippen LogP contribution < -0.4 is 30.4 Å². The topological polar surface area (TPSA) is 188 Å². The van der Waals surface area contributed by atoms with E-state index in [0.29, 0.717) is 75.1 Å². The number of aliphatic hydroxyl groups is 2. The molecule has 14 nitrogen and oxygen atoms in total. The Balaban J connectivity index is 0.707. The average molecular weight is 821 g/mol. The van der Waals surface area contributed by atoms with Gasteiger partial charge in [-0.2, -0.15) is 0 Å². The number of nitrogens with two attached hydrogens (primary N) is 2. The third kappa shape index (κ3) is 7.79. The lowest BCUT2D eigenvalue weighted by molar-refractivity contribution is -0.374. The minimum atomic E-state index is -1.82. The Bertz CT molecular complexity index is 2050. The van der Waals surface area contributed by atoms with Crippen molar-refractivity contribution in [3.8, 4) is 23.0 Å². The van der Waals surface area contributed by atoms with Gasteiger partial charge in [0.05, 0.1) is 13.2 Å². The maximum absolute atomic E-state index is 13.4. The molecule has 3 fully saturated rings. The van der Waals surface area contributed by atoms with Crippen molar-refractivity contribution in [1.29, 1.82) is 0 Å². The zero-order chi connectivity index (χ0) is 41.5. The second kappa shape index (κ2) is 16.0. The molecule has 5 aliphatic heterocycles. The van der Waals surface area contributed by atoms with Gasteiger partial charge in [-0.15, -0.1) is 0 Å². The van der Waals surface area contributed by atoms with Crippen LogP contribution in [0.15, 0.2) is 84.9 Å². The first-order valence-corrected chi connectivity index (χ1v) is 20.7. The molecule has 9 rings (SSSR count). The molecule has 0 radical (unpaired) electrons. The van der Waals surface area contributed by atoms with E-state index in [2.05, 4.69) is 12.1 Å². The van der Waals surface area contributed by atoms with E-state index in [9.17, 15) is 19.8 Å². The minimum absolute atomic E-state index is 0.0557. The highest BCUT2D eigenvalue weighted by atomic mass is 16.7. The number of piperidine rings is 2. The van der Waals surface area contributed by atoms with Crippen molar-refractivity contribution in [2.24, 2.45) is 11.5 Å². The Morgan fingerprint density at radius 2 is 0.950 bits per heavy atom. The van der Waals surface area contributed by atoms with Crippen molar-refractivity contribution in [2.75, 3.05) is 65.8 Å². The average Bonchev–Trinajstić information content (AvgIpc) is 3.83. The SMILES string of the molecule is NCc1ccc2c(c1)C1(CCN(C(=O)c3ccc(OC[C@]4(O)CO[C@](O)(COc5ccc(C(=O)N6CCC7(CC6)COc6ccc(CN)cc67)cc5)CO4)cc3)CC1)CO2. The lowest BCUT2D eigenvalue weighted by Gasteiger charge is -2.40. The first-order chi connectivity index (χ1) is 29.0. The maximum Gasteiger partial charge on any atom is 0.253 e. The summed E-state index contributed by atoms with van der Waals surface area (Å²) < 4.78 is 34.9. The van der Waals surface area contributed by atoms with Gasteiger partial charge in [-0.1, -0.05) is 24.3 Å². The molecule has 316 valence electrons. The smallest absolute Gasteiger partial charge is 0.253 e. The Hall–Kier alpha value is -5.22. The highest BCUT2D eigenvalue weighted by Crippen LogP contribution is 2.47. The van der Waals surface area contributed by atoms with Crippen molar-refractivity contribution in [2.45, 2.75) is 61.2 Å². The summed E-state index contributed by atoms with van der Waals surface area (Å²) in [6.07, 6.45) is 3.24. The van der Waals surface area contributed by atoms with Crippen LogP contribution in [0.1, 0.15) is 68.7 Å². The molecule has 4 aromatic rings. The summed E-state index contributed by atoms with van der Waals surface area (Å²) in [5, 5.41) is 22.0. The summed E-state index contributed by atoms with van der Waals surface area (Å²) in [4.78, 5) is 30.6. The first kappa shape index (κ1) is 40.2. The number of hydrogen-bond acceptors (Lipinski definition) is 12. The lowest BCUT2D eigenvalue weighted by Crippen LogP contribution is -2.58. The number of likely N-dealkylation sites (tertiary alicyclic amines) is 2. The van der Waals surface area contributed by atoms with Gasteiger partial charge < -0.3 is 59.9 Å². The number of hydrogen-bond donors (Lipinski definition) is 4. The van der Waals surface area contributed by atoms with Gasteiger partial charge in [-0.3, -0.25) is 9.59 Å². The number of rotatable bonds is 10. The van der Waals surface area contributed by atoms with Crippen LogP contribution in [0.25, 0.3) is 0 Å². The molecule has 3 saturated heterocycles. The Labute approximate surface area is 348 Å². The van der Waals surface area contributed by atoms with Gasteiger partial charge in [0.1, 0.15) is 49.4 Å². The van der Waals surface area contributed by atoms with E-state index < -0.39 is 11.6 Å². The van der Waals surface area contributed by atoms with E-state index in [0.717, 1.165) is 48.3 Å². The molecule has 60 heavy (non-hydrogen) atoms. The van der Waals surface area contributed by atoms with Gasteiger partial charge in [0.25, 0.3) is 11.8 Å². The van der Waals surface area contributed by atoms with Crippen molar-refractivity contribution in [1.82, 2.24) is 9.80 Å². The summed E-state index contributed by atoms with van der Waals surface area (Å²) in [6.45, 7) is 3.35. The molecule has 0 saturated carbocycles. The summed E-state index contributed by atoms with van der Waals surface area (Å²) >= 11 is 0. The fourth-order valence-corrected chi connectivity index (χ4v) is 9.07. The van der Waals surface area contributed by atoms with Crippen LogP contribution in [0, 0.1) is 0 Å². The zero-order valence-electron chi connectivity index (χ0n) is 33.6. The molecule has 0 aliphatic carbocycles. The van der Waals surface area contributed by atoms with Crippen LogP contribution in [0.5, 0.6) is 23.0 Å². The van der Waals surface area contributed by atoms with Crippen LogP contribution in [-0.2, 0) is 33.4 Å². The molecule has 4 aromatic carbocycles. The van der Waals surface area contributed by atoms with Crippen LogP contribution in [0.2, 0.25) is 0 Å². The molecule has 0 unspecified atom stereocenters. The number of carbonyl (C=O) groups excluding carboxylic acids is 2. The molecular weight excluding hydrogens is 769 g/mol. The molecule has 5 aliphatic rings. The molecule has 0 bridgehead atoms. The molecule has 2 atom stereocenters. The Kier molecular flexibility index (Phi) is 10.7. The fraction of sp³-hybridized carbons (Fsp3) is 0.435. The molecule has 0 aromatic heterocycles.